The van der Waals surface area contributed by atoms with E-state index < -0.39 is 0 Å². The molecule has 1 aliphatic carbocycles. The van der Waals surface area contributed by atoms with E-state index in [9.17, 15) is 0 Å². The van der Waals surface area contributed by atoms with E-state index in [0.29, 0.717) is 23.5 Å². The Kier molecular flexibility index (Phi) is 9.12. The normalized spacial score (nSPS) is 13.8. The van der Waals surface area contributed by atoms with Crippen molar-refractivity contribution in [2.75, 3.05) is 4.90 Å². The second-order valence-electron chi connectivity index (χ2n) is 15.8. The zero-order valence-corrected chi connectivity index (χ0v) is 33.7. The Hall–Kier alpha value is -7.89. The second-order valence-corrected chi connectivity index (χ2v) is 15.8. The molecule has 1 aliphatic rings. The number of allylic oxidation sites excluding steroid dienone is 4. The van der Waals surface area contributed by atoms with Gasteiger partial charge in [0.15, 0.2) is 11.6 Å². The summed E-state index contributed by atoms with van der Waals surface area (Å²) in [7, 11) is 0. The molecule has 10 aromatic rings. The molecule has 2 aromatic heterocycles. The van der Waals surface area contributed by atoms with Gasteiger partial charge in [0.25, 0.3) is 0 Å². The predicted molar refractivity (Wildman–Crippen MR) is 254 cm³/mol. The summed E-state index contributed by atoms with van der Waals surface area (Å²) in [5.74, 6) is 2.33. The molecule has 0 aliphatic heterocycles. The Bertz CT molecular complexity index is 3260. The van der Waals surface area contributed by atoms with Crippen LogP contribution in [0.1, 0.15) is 19.2 Å². The van der Waals surface area contributed by atoms with Crippen molar-refractivity contribution in [2.24, 2.45) is 5.92 Å². The van der Waals surface area contributed by atoms with E-state index in [2.05, 4.69) is 211 Å². The zero-order valence-electron chi connectivity index (χ0n) is 33.7. The van der Waals surface area contributed by atoms with Crippen molar-refractivity contribution in [3.63, 3.8) is 0 Å². The summed E-state index contributed by atoms with van der Waals surface area (Å²) in [6, 6.07) is 68.9. The minimum atomic E-state index is 0.390. The van der Waals surface area contributed by atoms with E-state index in [0.717, 1.165) is 56.6 Å². The molecule has 0 saturated carbocycles. The fourth-order valence-corrected chi connectivity index (χ4v) is 8.78. The highest BCUT2D eigenvalue weighted by molar-refractivity contribution is 6.21. The van der Waals surface area contributed by atoms with E-state index in [-0.39, 0.29) is 0 Å². The smallest absolute Gasteiger partial charge is 0.238 e. The molecule has 1 atom stereocenters. The number of para-hydroxylation sites is 1. The van der Waals surface area contributed by atoms with Gasteiger partial charge in [0.05, 0.1) is 11.0 Å². The topological polar surface area (TPSA) is 46.8 Å². The molecular weight excluding hydrogens is 743 g/mol. The van der Waals surface area contributed by atoms with Gasteiger partial charge in [0, 0.05) is 33.4 Å². The van der Waals surface area contributed by atoms with Gasteiger partial charge in [-0.2, -0.15) is 9.97 Å². The molecule has 8 aromatic carbocycles. The van der Waals surface area contributed by atoms with Crippen LogP contribution in [0.25, 0.3) is 77.7 Å². The molecule has 5 heteroatoms. The van der Waals surface area contributed by atoms with Crippen LogP contribution in [0.15, 0.2) is 212 Å². The molecule has 0 saturated heterocycles. The van der Waals surface area contributed by atoms with Gasteiger partial charge in [0.2, 0.25) is 5.95 Å². The molecule has 1 unspecified atom stereocenters. The predicted octanol–water partition coefficient (Wildman–Crippen LogP) is 14.6. The Morgan fingerprint density at radius 1 is 0.475 bits per heavy atom. The van der Waals surface area contributed by atoms with Gasteiger partial charge in [0.1, 0.15) is 0 Å². The van der Waals surface area contributed by atoms with E-state index in [1.165, 1.54) is 32.8 Å². The third-order valence-electron chi connectivity index (χ3n) is 11.8. The van der Waals surface area contributed by atoms with Crippen LogP contribution in [-0.2, 0) is 0 Å². The molecule has 0 bridgehead atoms. The first-order valence-corrected chi connectivity index (χ1v) is 20.9. The molecule has 0 radical (unpaired) electrons. The molecule has 2 heterocycles. The standard InChI is InChI=1S/C56H41N5/c1-38-14-13-20-45(36-38)55-57-54(44-18-7-3-8-19-44)58-56(59-55)61-51-35-30-43-17-11-12-23-49(43)53(51)50-34-33-48(37-52(50)61)60(46-21-9-4-10-22-46)47-31-28-42(29-32-47)41-26-24-40(25-27-41)39-15-5-2-6-16-39/h2-35,37-38H,36H2,1H3. The molecule has 61 heavy (non-hydrogen) atoms. The minimum Gasteiger partial charge on any atom is -0.310 e. The van der Waals surface area contributed by atoms with Crippen molar-refractivity contribution in [1.29, 1.82) is 0 Å². The quantitative estimate of drug-likeness (QED) is 0.154. The number of nitrogens with zero attached hydrogens (tertiary/aromatic N) is 5. The molecule has 290 valence electrons. The summed E-state index contributed by atoms with van der Waals surface area (Å²) in [5, 5.41) is 4.68. The molecule has 11 rings (SSSR count). The largest absolute Gasteiger partial charge is 0.310 e. The van der Waals surface area contributed by atoms with Gasteiger partial charge in [-0.05, 0) is 93.4 Å². The van der Waals surface area contributed by atoms with Crippen LogP contribution in [0.2, 0.25) is 0 Å². The van der Waals surface area contributed by atoms with E-state index in [4.69, 9.17) is 15.0 Å². The summed E-state index contributed by atoms with van der Waals surface area (Å²) >= 11 is 0. The lowest BCUT2D eigenvalue weighted by Crippen LogP contribution is -2.11. The van der Waals surface area contributed by atoms with Crippen molar-refractivity contribution < 1.29 is 0 Å². The SMILES string of the molecule is CC1C=CC=C(c2nc(-c3ccccc3)nc(-n3c4cc(N(c5ccccc5)c5ccc(-c6ccc(-c7ccccc7)cc6)cc5)ccc4c4c5ccccc5ccc43)n2)C1. The van der Waals surface area contributed by atoms with Crippen LogP contribution in [0, 0.1) is 5.92 Å². The van der Waals surface area contributed by atoms with Crippen molar-refractivity contribution in [3.05, 3.63) is 218 Å². The first kappa shape index (κ1) is 36.2. The van der Waals surface area contributed by atoms with Crippen LogP contribution >= 0.6 is 0 Å². The maximum atomic E-state index is 5.32. The number of aromatic nitrogens is 4. The fraction of sp³-hybridized carbons (Fsp3) is 0.0536. The third kappa shape index (κ3) is 6.76. The highest BCUT2D eigenvalue weighted by atomic mass is 15.2. The first-order valence-electron chi connectivity index (χ1n) is 20.9. The molecule has 5 nitrogen and oxygen atoms in total. The fourth-order valence-electron chi connectivity index (χ4n) is 8.78. The summed E-state index contributed by atoms with van der Waals surface area (Å²) in [6.45, 7) is 2.23. The molecule has 0 fully saturated rings. The monoisotopic (exact) mass is 783 g/mol. The number of hydrogen-bond acceptors (Lipinski definition) is 4. The van der Waals surface area contributed by atoms with Gasteiger partial charge in [-0.1, -0.05) is 177 Å². The Morgan fingerprint density at radius 3 is 1.75 bits per heavy atom. The zero-order chi connectivity index (χ0) is 40.7. The highest BCUT2D eigenvalue weighted by Crippen LogP contribution is 2.42. The second kappa shape index (κ2) is 15.4. The van der Waals surface area contributed by atoms with Crippen molar-refractivity contribution in [3.8, 4) is 39.6 Å². The van der Waals surface area contributed by atoms with Crippen molar-refractivity contribution >= 4 is 55.2 Å². The highest BCUT2D eigenvalue weighted by Gasteiger charge is 2.23. The summed E-state index contributed by atoms with van der Waals surface area (Å²) in [6.07, 6.45) is 7.37. The Labute approximate surface area is 355 Å². The lowest BCUT2D eigenvalue weighted by Gasteiger charge is -2.26. The first-order chi connectivity index (χ1) is 30.1. The summed E-state index contributed by atoms with van der Waals surface area (Å²) in [4.78, 5) is 18.0. The van der Waals surface area contributed by atoms with Crippen LogP contribution in [0.3, 0.4) is 0 Å². The average molecular weight is 784 g/mol. The maximum absolute atomic E-state index is 5.32. The Morgan fingerprint density at radius 2 is 1.05 bits per heavy atom. The lowest BCUT2D eigenvalue weighted by atomic mass is 9.95. The summed E-state index contributed by atoms with van der Waals surface area (Å²) < 4.78 is 2.24. The number of fused-ring (bicyclic) bond motifs is 5. The summed E-state index contributed by atoms with van der Waals surface area (Å²) in [5.41, 5.74) is 12.0. The Balaban J connectivity index is 1.09. The van der Waals surface area contributed by atoms with Gasteiger partial charge in [-0.25, -0.2) is 4.98 Å². The minimum absolute atomic E-state index is 0.390. The van der Waals surface area contributed by atoms with Gasteiger partial charge in [-0.3, -0.25) is 4.57 Å². The number of rotatable bonds is 8. The molecular formula is C56H41N5. The molecule has 0 amide bonds. The lowest BCUT2D eigenvalue weighted by molar-refractivity contribution is 0.741. The van der Waals surface area contributed by atoms with Crippen molar-refractivity contribution in [2.45, 2.75) is 13.3 Å². The van der Waals surface area contributed by atoms with Gasteiger partial charge in [-0.15, -0.1) is 0 Å². The number of benzene rings is 8. The van der Waals surface area contributed by atoms with Crippen molar-refractivity contribution in [1.82, 2.24) is 19.5 Å². The van der Waals surface area contributed by atoms with E-state index in [1.54, 1.807) is 0 Å². The average Bonchev–Trinajstić information content (AvgIpc) is 3.67. The van der Waals surface area contributed by atoms with Gasteiger partial charge < -0.3 is 4.90 Å². The number of hydrogen-bond donors (Lipinski definition) is 0. The van der Waals surface area contributed by atoms with Crippen LogP contribution in [-0.4, -0.2) is 19.5 Å². The van der Waals surface area contributed by atoms with Crippen LogP contribution in [0.4, 0.5) is 17.1 Å². The van der Waals surface area contributed by atoms with E-state index >= 15 is 0 Å². The number of anilines is 3. The molecule has 0 N–H and O–H groups in total. The maximum Gasteiger partial charge on any atom is 0.238 e. The molecule has 0 spiro atoms. The van der Waals surface area contributed by atoms with Crippen LogP contribution < -0.4 is 4.90 Å². The van der Waals surface area contributed by atoms with Gasteiger partial charge >= 0.3 is 0 Å². The third-order valence-corrected chi connectivity index (χ3v) is 11.8. The van der Waals surface area contributed by atoms with Crippen LogP contribution in [0.5, 0.6) is 0 Å². The van der Waals surface area contributed by atoms with E-state index in [1.807, 2.05) is 18.2 Å².